The maximum atomic E-state index is 10.3. The van der Waals surface area contributed by atoms with Gasteiger partial charge in [-0.1, -0.05) is 44.2 Å². The number of carbonyl (C=O) groups is 1. The van der Waals surface area contributed by atoms with Crippen molar-refractivity contribution in [3.05, 3.63) is 24.3 Å². The molecular formula is C16H24O4. The Hall–Kier alpha value is -1.71. The van der Waals surface area contributed by atoms with Crippen LogP contribution in [0, 0.1) is 0 Å². The fourth-order valence-electron chi connectivity index (χ4n) is 2.02. The zero-order chi connectivity index (χ0) is 14.6. The minimum Gasteiger partial charge on any atom is -0.504 e. The third kappa shape index (κ3) is 7.67. The van der Waals surface area contributed by atoms with Gasteiger partial charge in [0.15, 0.2) is 11.5 Å². The van der Waals surface area contributed by atoms with Crippen molar-refractivity contribution in [2.24, 2.45) is 0 Å². The molecule has 0 saturated carbocycles. The molecule has 0 amide bonds. The lowest BCUT2D eigenvalue weighted by Gasteiger charge is -2.07. The van der Waals surface area contributed by atoms with E-state index in [1.165, 1.54) is 0 Å². The molecule has 0 radical (unpaired) electrons. The van der Waals surface area contributed by atoms with Crippen molar-refractivity contribution in [2.45, 2.75) is 51.4 Å². The Balaban J connectivity index is 1.90. The number of aromatic hydroxyl groups is 1. The van der Waals surface area contributed by atoms with E-state index in [9.17, 15) is 9.90 Å². The number of rotatable bonds is 11. The molecule has 0 aliphatic rings. The summed E-state index contributed by atoms with van der Waals surface area (Å²) in [6, 6.07) is 6.99. The molecule has 0 aliphatic carbocycles. The minimum absolute atomic E-state index is 0.186. The molecule has 1 aromatic carbocycles. The summed E-state index contributed by atoms with van der Waals surface area (Å²) < 4.78 is 5.49. The molecule has 1 rings (SSSR count). The molecule has 0 bridgehead atoms. The van der Waals surface area contributed by atoms with Crippen LogP contribution in [0.3, 0.4) is 0 Å². The van der Waals surface area contributed by atoms with E-state index in [2.05, 4.69) is 0 Å². The number of unbranched alkanes of at least 4 members (excludes halogenated alkanes) is 6. The number of phenols is 1. The summed E-state index contributed by atoms with van der Waals surface area (Å²) >= 11 is 0. The summed E-state index contributed by atoms with van der Waals surface area (Å²) in [6.45, 7) is 0.622. The monoisotopic (exact) mass is 280 g/mol. The second-order valence-corrected chi connectivity index (χ2v) is 4.93. The highest BCUT2D eigenvalue weighted by Gasteiger charge is 2.00. The van der Waals surface area contributed by atoms with Crippen LogP contribution >= 0.6 is 0 Å². The average Bonchev–Trinajstić information content (AvgIpc) is 2.42. The Labute approximate surface area is 120 Å². The first-order valence-corrected chi connectivity index (χ1v) is 7.33. The largest absolute Gasteiger partial charge is 0.504 e. The summed E-state index contributed by atoms with van der Waals surface area (Å²) in [5, 5.41) is 18.0. The molecule has 0 aromatic heterocycles. The van der Waals surface area contributed by atoms with Crippen LogP contribution in [0.25, 0.3) is 0 Å². The van der Waals surface area contributed by atoms with E-state index >= 15 is 0 Å². The zero-order valence-corrected chi connectivity index (χ0v) is 11.9. The predicted molar refractivity (Wildman–Crippen MR) is 78.2 cm³/mol. The van der Waals surface area contributed by atoms with Gasteiger partial charge in [-0.15, -0.1) is 0 Å². The fraction of sp³-hybridized carbons (Fsp3) is 0.562. The van der Waals surface area contributed by atoms with Gasteiger partial charge in [-0.25, -0.2) is 0 Å². The minimum atomic E-state index is -0.702. The van der Waals surface area contributed by atoms with Crippen molar-refractivity contribution in [3.63, 3.8) is 0 Å². The third-order valence-corrected chi connectivity index (χ3v) is 3.16. The van der Waals surface area contributed by atoms with Crippen molar-refractivity contribution in [3.8, 4) is 11.5 Å². The molecule has 4 heteroatoms. The number of para-hydroxylation sites is 2. The van der Waals surface area contributed by atoms with E-state index in [1.54, 1.807) is 18.2 Å². The summed E-state index contributed by atoms with van der Waals surface area (Å²) in [5.41, 5.74) is 0. The van der Waals surface area contributed by atoms with E-state index in [4.69, 9.17) is 9.84 Å². The van der Waals surface area contributed by atoms with Crippen LogP contribution in [0.15, 0.2) is 24.3 Å². The van der Waals surface area contributed by atoms with Gasteiger partial charge in [0.25, 0.3) is 0 Å². The molecule has 4 nitrogen and oxygen atoms in total. The molecule has 0 fully saturated rings. The number of benzene rings is 1. The summed E-state index contributed by atoms with van der Waals surface area (Å²) in [6.07, 6.45) is 7.55. The second-order valence-electron chi connectivity index (χ2n) is 4.93. The van der Waals surface area contributed by atoms with Crippen LogP contribution in [0.1, 0.15) is 51.4 Å². The van der Waals surface area contributed by atoms with Crippen LogP contribution in [-0.2, 0) is 4.79 Å². The van der Waals surface area contributed by atoms with Crippen LogP contribution in [0.2, 0.25) is 0 Å². The number of ether oxygens (including phenoxy) is 1. The number of carboxylic acids is 1. The average molecular weight is 280 g/mol. The molecule has 112 valence electrons. The van der Waals surface area contributed by atoms with Gasteiger partial charge in [-0.3, -0.25) is 4.79 Å². The van der Waals surface area contributed by atoms with Crippen LogP contribution in [0.4, 0.5) is 0 Å². The second kappa shape index (κ2) is 10.1. The standard InChI is InChI=1S/C16H24O4/c17-14-10-7-8-11-15(14)20-13-9-5-3-1-2-4-6-12-16(18)19/h7-8,10-11,17H,1-6,9,12-13H2,(H,18,19). The Kier molecular flexibility index (Phi) is 8.27. The first-order chi connectivity index (χ1) is 9.70. The SMILES string of the molecule is O=C(O)CCCCCCCCCOc1ccccc1O. The molecule has 0 atom stereocenters. The van der Waals surface area contributed by atoms with Gasteiger partial charge in [-0.05, 0) is 25.0 Å². The van der Waals surface area contributed by atoms with Crippen LogP contribution in [-0.4, -0.2) is 22.8 Å². The number of phenolic OH excluding ortho intramolecular Hbond substituents is 1. The number of hydrogen-bond donors (Lipinski definition) is 2. The van der Waals surface area contributed by atoms with Gasteiger partial charge in [0.05, 0.1) is 6.61 Å². The lowest BCUT2D eigenvalue weighted by molar-refractivity contribution is -0.137. The highest BCUT2D eigenvalue weighted by molar-refractivity contribution is 5.66. The van der Waals surface area contributed by atoms with Crippen molar-refractivity contribution in [2.75, 3.05) is 6.61 Å². The van der Waals surface area contributed by atoms with E-state index in [1.807, 2.05) is 6.07 Å². The lowest BCUT2D eigenvalue weighted by atomic mass is 10.1. The van der Waals surface area contributed by atoms with Gasteiger partial charge in [0.1, 0.15) is 0 Å². The van der Waals surface area contributed by atoms with Crippen molar-refractivity contribution in [1.29, 1.82) is 0 Å². The molecule has 2 N–H and O–H groups in total. The van der Waals surface area contributed by atoms with Crippen molar-refractivity contribution >= 4 is 5.97 Å². The topological polar surface area (TPSA) is 66.8 Å². The maximum Gasteiger partial charge on any atom is 0.303 e. The first-order valence-electron chi connectivity index (χ1n) is 7.33. The molecule has 0 saturated heterocycles. The Morgan fingerprint density at radius 2 is 1.55 bits per heavy atom. The van der Waals surface area contributed by atoms with E-state index < -0.39 is 5.97 Å². The Bertz CT molecular complexity index is 390. The van der Waals surface area contributed by atoms with E-state index in [-0.39, 0.29) is 12.2 Å². The molecule has 0 unspecified atom stereocenters. The van der Waals surface area contributed by atoms with Gasteiger partial charge in [0, 0.05) is 6.42 Å². The van der Waals surface area contributed by atoms with Crippen molar-refractivity contribution < 1.29 is 19.7 Å². The molecule has 20 heavy (non-hydrogen) atoms. The van der Waals surface area contributed by atoms with Gasteiger partial charge < -0.3 is 14.9 Å². The molecular weight excluding hydrogens is 256 g/mol. The predicted octanol–water partition coefficient (Wildman–Crippen LogP) is 3.98. The van der Waals surface area contributed by atoms with Crippen molar-refractivity contribution in [1.82, 2.24) is 0 Å². The number of carboxylic acid groups (broad SMARTS) is 1. The molecule has 1 aromatic rings. The fourth-order valence-corrected chi connectivity index (χ4v) is 2.02. The zero-order valence-electron chi connectivity index (χ0n) is 11.9. The van der Waals surface area contributed by atoms with Crippen LogP contribution in [0.5, 0.6) is 11.5 Å². The Morgan fingerprint density at radius 1 is 0.950 bits per heavy atom. The summed E-state index contributed by atoms with van der Waals surface area (Å²) in [4.78, 5) is 10.3. The van der Waals surface area contributed by atoms with E-state index in [0.717, 1.165) is 44.9 Å². The molecule has 0 aliphatic heterocycles. The first kappa shape index (κ1) is 16.3. The quantitative estimate of drug-likeness (QED) is 0.602. The highest BCUT2D eigenvalue weighted by Crippen LogP contribution is 2.24. The smallest absolute Gasteiger partial charge is 0.303 e. The molecule has 0 heterocycles. The Morgan fingerprint density at radius 3 is 2.20 bits per heavy atom. The van der Waals surface area contributed by atoms with Crippen LogP contribution < -0.4 is 4.74 Å². The summed E-state index contributed by atoms with van der Waals surface area (Å²) in [7, 11) is 0. The number of hydrogen-bond acceptors (Lipinski definition) is 3. The lowest BCUT2D eigenvalue weighted by Crippen LogP contribution is -1.97. The number of aliphatic carboxylic acids is 1. The van der Waals surface area contributed by atoms with Gasteiger partial charge in [0.2, 0.25) is 0 Å². The van der Waals surface area contributed by atoms with Gasteiger partial charge >= 0.3 is 5.97 Å². The summed E-state index contributed by atoms with van der Waals surface area (Å²) in [5.74, 6) is 0.0263. The van der Waals surface area contributed by atoms with Gasteiger partial charge in [-0.2, -0.15) is 0 Å². The normalized spacial score (nSPS) is 10.4. The van der Waals surface area contributed by atoms with E-state index in [0.29, 0.717) is 12.4 Å². The third-order valence-electron chi connectivity index (χ3n) is 3.16. The highest BCUT2D eigenvalue weighted by atomic mass is 16.5. The maximum absolute atomic E-state index is 10.3. The molecule has 0 spiro atoms.